The van der Waals surface area contributed by atoms with E-state index < -0.39 is 10.0 Å². The van der Waals surface area contributed by atoms with Crippen LogP contribution in [0.1, 0.15) is 24.8 Å². The first-order chi connectivity index (χ1) is 9.12. The maximum absolute atomic E-state index is 12.0. The van der Waals surface area contributed by atoms with Crippen molar-refractivity contribution in [2.24, 2.45) is 0 Å². The molecule has 1 atom stereocenters. The Morgan fingerprint density at radius 2 is 2.32 bits per heavy atom. The average molecular weight is 279 g/mol. The largest absolute Gasteiger partial charge is 0.314 e. The first kappa shape index (κ1) is 14.0. The van der Waals surface area contributed by atoms with Gasteiger partial charge in [-0.2, -0.15) is 5.26 Å². The Hall–Kier alpha value is -1.42. The van der Waals surface area contributed by atoms with E-state index in [-0.39, 0.29) is 4.90 Å². The number of hydrogen-bond acceptors (Lipinski definition) is 4. The molecule has 0 aliphatic carbocycles. The predicted octanol–water partition coefficient (Wildman–Crippen LogP) is 0.979. The lowest BCUT2D eigenvalue weighted by Gasteiger charge is -2.11. The fraction of sp³-hybridized carbons (Fsp3) is 0.462. The molecule has 1 aromatic carbocycles. The highest BCUT2D eigenvalue weighted by Crippen LogP contribution is 2.12. The summed E-state index contributed by atoms with van der Waals surface area (Å²) in [7, 11) is -3.51. The fourth-order valence-corrected chi connectivity index (χ4v) is 3.28. The van der Waals surface area contributed by atoms with E-state index in [1.807, 2.05) is 6.07 Å². The van der Waals surface area contributed by atoms with E-state index in [4.69, 9.17) is 5.26 Å². The van der Waals surface area contributed by atoms with E-state index >= 15 is 0 Å². The third kappa shape index (κ3) is 3.77. The van der Waals surface area contributed by atoms with Gasteiger partial charge in [0, 0.05) is 12.6 Å². The lowest BCUT2D eigenvalue weighted by Crippen LogP contribution is -2.30. The van der Waals surface area contributed by atoms with Crippen molar-refractivity contribution in [3.63, 3.8) is 0 Å². The molecule has 0 amide bonds. The number of nitrogens with zero attached hydrogens (tertiary/aromatic N) is 1. The number of rotatable bonds is 5. The summed E-state index contributed by atoms with van der Waals surface area (Å²) in [5, 5.41) is 12.1. The Kier molecular flexibility index (Phi) is 4.53. The Bertz CT molecular complexity index is 572. The monoisotopic (exact) mass is 279 g/mol. The third-order valence-corrected chi connectivity index (χ3v) is 4.68. The van der Waals surface area contributed by atoms with Crippen LogP contribution < -0.4 is 10.0 Å². The fourth-order valence-electron chi connectivity index (χ4n) is 2.19. The van der Waals surface area contributed by atoms with E-state index in [0.29, 0.717) is 18.2 Å². The Morgan fingerprint density at radius 1 is 1.47 bits per heavy atom. The number of nitriles is 1. The van der Waals surface area contributed by atoms with Crippen molar-refractivity contribution in [1.29, 1.82) is 5.26 Å². The van der Waals surface area contributed by atoms with Crippen LogP contribution in [0.2, 0.25) is 0 Å². The maximum atomic E-state index is 12.0. The zero-order valence-corrected chi connectivity index (χ0v) is 11.4. The molecule has 2 N–H and O–H groups in total. The standard InChI is InChI=1S/C13H17N3O2S/c14-10-11-3-1-5-13(9-11)19(17,18)16-8-6-12-4-2-7-15-12/h1,3,5,9,12,15-16H,2,4,6-8H2. The molecule has 0 spiro atoms. The molecule has 5 nitrogen and oxygen atoms in total. The second kappa shape index (κ2) is 6.15. The SMILES string of the molecule is N#Cc1cccc(S(=O)(=O)NCCC2CCCN2)c1. The molecule has 1 aromatic rings. The summed E-state index contributed by atoms with van der Waals surface area (Å²) in [6, 6.07) is 8.39. The molecule has 2 rings (SSSR count). The molecule has 1 aliphatic heterocycles. The lowest BCUT2D eigenvalue weighted by molar-refractivity contribution is 0.539. The van der Waals surface area contributed by atoms with E-state index in [0.717, 1.165) is 25.8 Å². The Balaban J connectivity index is 1.95. The summed E-state index contributed by atoms with van der Waals surface area (Å²) in [6.07, 6.45) is 3.05. The van der Waals surface area contributed by atoms with Crippen LogP contribution in [0.25, 0.3) is 0 Å². The average Bonchev–Trinajstić information content (AvgIpc) is 2.92. The van der Waals surface area contributed by atoms with Crippen molar-refractivity contribution < 1.29 is 8.42 Å². The highest BCUT2D eigenvalue weighted by molar-refractivity contribution is 7.89. The zero-order valence-electron chi connectivity index (χ0n) is 10.6. The van der Waals surface area contributed by atoms with Crippen LogP contribution in [0.5, 0.6) is 0 Å². The summed E-state index contributed by atoms with van der Waals surface area (Å²) in [5.41, 5.74) is 0.348. The van der Waals surface area contributed by atoms with Gasteiger partial charge in [0.15, 0.2) is 0 Å². The second-order valence-electron chi connectivity index (χ2n) is 4.62. The van der Waals surface area contributed by atoms with Crippen LogP contribution in [0, 0.1) is 11.3 Å². The van der Waals surface area contributed by atoms with Crippen LogP contribution in [0.3, 0.4) is 0 Å². The van der Waals surface area contributed by atoms with Crippen LogP contribution in [0.4, 0.5) is 0 Å². The molecule has 102 valence electrons. The molecule has 0 saturated carbocycles. The minimum absolute atomic E-state index is 0.144. The van der Waals surface area contributed by atoms with Crippen molar-refractivity contribution >= 4 is 10.0 Å². The molecular formula is C13H17N3O2S. The van der Waals surface area contributed by atoms with Gasteiger partial charge in [-0.05, 0) is 44.0 Å². The van der Waals surface area contributed by atoms with Gasteiger partial charge in [-0.15, -0.1) is 0 Å². The van der Waals surface area contributed by atoms with Gasteiger partial charge in [-0.25, -0.2) is 13.1 Å². The van der Waals surface area contributed by atoms with Gasteiger partial charge in [0.1, 0.15) is 0 Å². The highest BCUT2D eigenvalue weighted by Gasteiger charge is 2.17. The number of nitrogens with one attached hydrogen (secondary N) is 2. The molecule has 1 aliphatic rings. The smallest absolute Gasteiger partial charge is 0.240 e. The van der Waals surface area contributed by atoms with Gasteiger partial charge in [-0.1, -0.05) is 6.07 Å². The molecule has 6 heteroatoms. The summed E-state index contributed by atoms with van der Waals surface area (Å²) in [4.78, 5) is 0.144. The number of hydrogen-bond donors (Lipinski definition) is 2. The van der Waals surface area contributed by atoms with Crippen LogP contribution >= 0.6 is 0 Å². The zero-order chi connectivity index (χ0) is 13.7. The van der Waals surface area contributed by atoms with E-state index in [1.165, 1.54) is 12.1 Å². The lowest BCUT2D eigenvalue weighted by atomic mass is 10.2. The number of benzene rings is 1. The molecule has 1 fully saturated rings. The summed E-state index contributed by atoms with van der Waals surface area (Å²) >= 11 is 0. The van der Waals surface area contributed by atoms with Crippen LogP contribution in [-0.4, -0.2) is 27.5 Å². The molecule has 19 heavy (non-hydrogen) atoms. The second-order valence-corrected chi connectivity index (χ2v) is 6.39. The summed E-state index contributed by atoms with van der Waals surface area (Å²) < 4.78 is 26.6. The normalized spacial score (nSPS) is 19.2. The molecule has 1 unspecified atom stereocenters. The van der Waals surface area contributed by atoms with Gasteiger partial charge in [0.05, 0.1) is 16.5 Å². The van der Waals surface area contributed by atoms with E-state index in [1.54, 1.807) is 12.1 Å². The highest BCUT2D eigenvalue weighted by atomic mass is 32.2. The van der Waals surface area contributed by atoms with Crippen molar-refractivity contribution in [1.82, 2.24) is 10.0 Å². The van der Waals surface area contributed by atoms with Crippen molar-refractivity contribution in [3.8, 4) is 6.07 Å². The molecule has 0 radical (unpaired) electrons. The van der Waals surface area contributed by atoms with Gasteiger partial charge in [0.25, 0.3) is 0 Å². The van der Waals surface area contributed by atoms with Crippen molar-refractivity contribution in [2.45, 2.75) is 30.2 Å². The molecule has 1 heterocycles. The van der Waals surface area contributed by atoms with Crippen molar-refractivity contribution in [3.05, 3.63) is 29.8 Å². The molecule has 1 saturated heterocycles. The van der Waals surface area contributed by atoms with Crippen molar-refractivity contribution in [2.75, 3.05) is 13.1 Å². The van der Waals surface area contributed by atoms with Gasteiger partial charge in [0.2, 0.25) is 10.0 Å². The van der Waals surface area contributed by atoms with E-state index in [2.05, 4.69) is 10.0 Å². The summed E-state index contributed by atoms with van der Waals surface area (Å²) in [6.45, 7) is 1.43. The molecular weight excluding hydrogens is 262 g/mol. The minimum atomic E-state index is -3.51. The molecule has 0 bridgehead atoms. The minimum Gasteiger partial charge on any atom is -0.314 e. The Morgan fingerprint density at radius 3 is 3.00 bits per heavy atom. The van der Waals surface area contributed by atoms with E-state index in [9.17, 15) is 8.42 Å². The third-order valence-electron chi connectivity index (χ3n) is 3.22. The van der Waals surface area contributed by atoms with Gasteiger partial charge >= 0.3 is 0 Å². The van der Waals surface area contributed by atoms with Crippen LogP contribution in [0.15, 0.2) is 29.2 Å². The Labute approximate surface area is 113 Å². The maximum Gasteiger partial charge on any atom is 0.240 e. The number of sulfonamides is 1. The van der Waals surface area contributed by atoms with Crippen LogP contribution in [-0.2, 0) is 10.0 Å². The first-order valence-corrected chi connectivity index (χ1v) is 7.83. The summed E-state index contributed by atoms with van der Waals surface area (Å²) in [5.74, 6) is 0. The topological polar surface area (TPSA) is 82.0 Å². The van der Waals surface area contributed by atoms with Gasteiger partial charge in [-0.3, -0.25) is 0 Å². The van der Waals surface area contributed by atoms with Gasteiger partial charge < -0.3 is 5.32 Å². The first-order valence-electron chi connectivity index (χ1n) is 6.35. The quantitative estimate of drug-likeness (QED) is 0.841. The molecule has 0 aromatic heterocycles. The predicted molar refractivity (Wildman–Crippen MR) is 72.0 cm³/mol.